The van der Waals surface area contributed by atoms with Gasteiger partial charge in [-0.15, -0.1) is 11.3 Å². The summed E-state index contributed by atoms with van der Waals surface area (Å²) in [6, 6.07) is 0. The van der Waals surface area contributed by atoms with Gasteiger partial charge in [-0.25, -0.2) is 0 Å². The zero-order chi connectivity index (χ0) is 8.84. The van der Waals surface area contributed by atoms with Crippen molar-refractivity contribution >= 4 is 33.8 Å². The van der Waals surface area contributed by atoms with E-state index in [2.05, 4.69) is 10.2 Å². The van der Waals surface area contributed by atoms with Crippen LogP contribution in [0.1, 0.15) is 16.9 Å². The van der Waals surface area contributed by atoms with Crippen LogP contribution in [-0.2, 0) is 12.8 Å². The highest BCUT2D eigenvalue weighted by molar-refractivity contribution is 7.71. The van der Waals surface area contributed by atoms with Crippen LogP contribution in [0.5, 0.6) is 0 Å². The van der Waals surface area contributed by atoms with E-state index < -0.39 is 0 Å². The summed E-state index contributed by atoms with van der Waals surface area (Å²) in [5.74, 6) is 0. The largest absolute Gasteiger partial charge is 0.268 e. The van der Waals surface area contributed by atoms with Crippen LogP contribution < -0.4 is 0 Å². The Balaban J connectivity index is 2.53. The van der Waals surface area contributed by atoms with Crippen LogP contribution in [0.15, 0.2) is 6.20 Å². The molecule has 66 valence electrons. The van der Waals surface area contributed by atoms with Gasteiger partial charge in [0, 0.05) is 10.3 Å². The van der Waals surface area contributed by atoms with E-state index in [-0.39, 0.29) is 0 Å². The van der Waals surface area contributed by atoms with Crippen molar-refractivity contribution in [1.82, 2.24) is 10.2 Å². The van der Waals surface area contributed by atoms with Gasteiger partial charge in [-0.05, 0) is 24.8 Å². The van der Waals surface area contributed by atoms with Gasteiger partial charge in [0.1, 0.15) is 4.83 Å². The van der Waals surface area contributed by atoms with E-state index in [0.29, 0.717) is 0 Å². The Morgan fingerprint density at radius 3 is 3.31 bits per heavy atom. The predicted molar refractivity (Wildman–Crippen MR) is 56.8 cm³/mol. The van der Waals surface area contributed by atoms with Crippen LogP contribution in [0.25, 0.3) is 10.2 Å². The molecule has 0 atom stereocenters. The highest BCUT2D eigenvalue weighted by Gasteiger charge is 2.18. The van der Waals surface area contributed by atoms with Crippen molar-refractivity contribution in [3.63, 3.8) is 0 Å². The molecule has 0 radical (unpaired) electrons. The minimum absolute atomic E-state index is 0.896. The first-order chi connectivity index (χ1) is 6.36. The Morgan fingerprint density at radius 2 is 2.38 bits per heavy atom. The summed E-state index contributed by atoms with van der Waals surface area (Å²) in [5, 5.41) is 8.28. The molecule has 0 amide bonds. The lowest BCUT2D eigenvalue weighted by atomic mass is 10.2. The molecule has 2 aromatic rings. The van der Waals surface area contributed by atoms with Gasteiger partial charge >= 0.3 is 0 Å². The SMILES string of the molecule is S=c1cn[nH]c2sc3c(c12)CCC3. The number of nitrogens with zero attached hydrogens (tertiary/aromatic N) is 1. The van der Waals surface area contributed by atoms with E-state index in [1.54, 1.807) is 6.20 Å². The number of aryl methyl sites for hydroxylation is 2. The fourth-order valence-corrected chi connectivity index (χ4v) is 3.55. The molecule has 13 heavy (non-hydrogen) atoms. The lowest BCUT2D eigenvalue weighted by Gasteiger charge is -1.92. The summed E-state index contributed by atoms with van der Waals surface area (Å²) in [4.78, 5) is 2.66. The molecule has 2 aromatic heterocycles. The third-order valence-corrected chi connectivity index (χ3v) is 4.02. The van der Waals surface area contributed by atoms with Crippen molar-refractivity contribution < 1.29 is 0 Å². The molecule has 3 rings (SSSR count). The van der Waals surface area contributed by atoms with Gasteiger partial charge < -0.3 is 0 Å². The molecule has 1 aliphatic rings. The third-order valence-electron chi connectivity index (χ3n) is 2.52. The Bertz CT molecular complexity index is 524. The number of hydrogen-bond acceptors (Lipinski definition) is 3. The molecular weight excluding hydrogens is 200 g/mol. The van der Waals surface area contributed by atoms with Crippen LogP contribution in [-0.4, -0.2) is 10.2 Å². The van der Waals surface area contributed by atoms with E-state index in [4.69, 9.17) is 12.2 Å². The van der Waals surface area contributed by atoms with Gasteiger partial charge in [0.2, 0.25) is 0 Å². The van der Waals surface area contributed by atoms with Crippen molar-refractivity contribution in [2.75, 3.05) is 0 Å². The van der Waals surface area contributed by atoms with E-state index in [1.165, 1.54) is 35.1 Å². The predicted octanol–water partition coefficient (Wildman–Crippen LogP) is 2.84. The topological polar surface area (TPSA) is 28.7 Å². The number of nitrogens with one attached hydrogen (secondary N) is 1. The molecule has 1 aliphatic carbocycles. The zero-order valence-electron chi connectivity index (χ0n) is 6.96. The quantitative estimate of drug-likeness (QED) is 0.674. The van der Waals surface area contributed by atoms with E-state index in [0.717, 1.165) is 9.34 Å². The lowest BCUT2D eigenvalue weighted by Crippen LogP contribution is -1.82. The Kier molecular flexibility index (Phi) is 1.54. The number of aromatic nitrogens is 2. The van der Waals surface area contributed by atoms with Crippen molar-refractivity contribution in [1.29, 1.82) is 0 Å². The Hall–Kier alpha value is -0.740. The summed E-state index contributed by atoms with van der Waals surface area (Å²) in [7, 11) is 0. The molecule has 0 saturated carbocycles. The molecule has 0 saturated heterocycles. The molecule has 0 aliphatic heterocycles. The van der Waals surface area contributed by atoms with Crippen LogP contribution in [0.2, 0.25) is 0 Å². The summed E-state index contributed by atoms with van der Waals surface area (Å²) in [6.07, 6.45) is 5.44. The maximum absolute atomic E-state index is 5.27. The minimum Gasteiger partial charge on any atom is -0.268 e. The number of hydrogen-bond donors (Lipinski definition) is 1. The maximum Gasteiger partial charge on any atom is 0.118 e. The molecule has 0 spiro atoms. The highest BCUT2D eigenvalue weighted by atomic mass is 32.1. The van der Waals surface area contributed by atoms with Crippen LogP contribution in [0, 0.1) is 4.51 Å². The van der Waals surface area contributed by atoms with Gasteiger partial charge in [0.05, 0.1) is 10.7 Å². The lowest BCUT2D eigenvalue weighted by molar-refractivity contribution is 0.916. The van der Waals surface area contributed by atoms with Crippen molar-refractivity contribution in [3.05, 3.63) is 21.1 Å². The first-order valence-corrected chi connectivity index (χ1v) is 5.56. The van der Waals surface area contributed by atoms with Crippen molar-refractivity contribution in [3.8, 4) is 0 Å². The number of rotatable bonds is 0. The van der Waals surface area contributed by atoms with Crippen molar-refractivity contribution in [2.45, 2.75) is 19.3 Å². The second-order valence-corrected chi connectivity index (χ2v) is 4.84. The van der Waals surface area contributed by atoms with Crippen molar-refractivity contribution in [2.24, 2.45) is 0 Å². The molecular formula is C9H8N2S2. The molecule has 0 fully saturated rings. The molecule has 0 bridgehead atoms. The molecule has 2 nitrogen and oxygen atoms in total. The van der Waals surface area contributed by atoms with Crippen LogP contribution in [0.3, 0.4) is 0 Å². The molecule has 2 heterocycles. The van der Waals surface area contributed by atoms with Crippen LogP contribution >= 0.6 is 23.6 Å². The second-order valence-electron chi connectivity index (χ2n) is 3.30. The smallest absolute Gasteiger partial charge is 0.118 e. The van der Waals surface area contributed by atoms with E-state index in [9.17, 15) is 0 Å². The number of H-pyrrole nitrogens is 1. The van der Waals surface area contributed by atoms with Gasteiger partial charge in [0.15, 0.2) is 0 Å². The van der Waals surface area contributed by atoms with E-state index >= 15 is 0 Å². The average molecular weight is 208 g/mol. The maximum atomic E-state index is 5.27. The van der Waals surface area contributed by atoms with Crippen LogP contribution in [0.4, 0.5) is 0 Å². The molecule has 0 unspecified atom stereocenters. The average Bonchev–Trinajstić information content (AvgIpc) is 2.62. The fourth-order valence-electron chi connectivity index (χ4n) is 1.96. The monoisotopic (exact) mass is 208 g/mol. The number of thiophene rings is 1. The summed E-state index contributed by atoms with van der Waals surface area (Å²) in [6.45, 7) is 0. The number of aromatic amines is 1. The summed E-state index contributed by atoms with van der Waals surface area (Å²) < 4.78 is 0.896. The first-order valence-electron chi connectivity index (χ1n) is 4.34. The van der Waals surface area contributed by atoms with Gasteiger partial charge in [-0.3, -0.25) is 5.10 Å². The Morgan fingerprint density at radius 1 is 1.46 bits per heavy atom. The summed E-state index contributed by atoms with van der Waals surface area (Å²) in [5.41, 5.74) is 1.48. The van der Waals surface area contributed by atoms with Gasteiger partial charge in [-0.2, -0.15) is 5.10 Å². The molecule has 1 N–H and O–H groups in total. The zero-order valence-corrected chi connectivity index (χ0v) is 8.60. The molecule has 4 heteroatoms. The first kappa shape index (κ1) is 7.64. The fraction of sp³-hybridized carbons (Fsp3) is 0.333. The normalized spacial score (nSPS) is 15.1. The minimum atomic E-state index is 0.896. The standard InChI is InChI=1S/C9H8N2S2/c12-6-4-10-11-9-8(6)5-2-1-3-7(5)13-9/h4H,1-3H2,(H,11,12). The van der Waals surface area contributed by atoms with Gasteiger partial charge in [0.25, 0.3) is 0 Å². The molecule has 0 aromatic carbocycles. The number of fused-ring (bicyclic) bond motifs is 3. The third kappa shape index (κ3) is 0.988. The Labute approximate surface area is 84.6 Å². The highest BCUT2D eigenvalue weighted by Crippen LogP contribution is 2.36. The van der Waals surface area contributed by atoms with Gasteiger partial charge in [-0.1, -0.05) is 12.2 Å². The second kappa shape index (κ2) is 2.62. The summed E-state index contributed by atoms with van der Waals surface area (Å²) >= 11 is 7.09. The van der Waals surface area contributed by atoms with E-state index in [1.807, 2.05) is 11.3 Å².